The molecule has 2 aromatic carbocycles. The molecule has 158 valence electrons. The Balaban J connectivity index is 2.32. The van der Waals surface area contributed by atoms with Crippen LogP contribution in [0.3, 0.4) is 0 Å². The predicted molar refractivity (Wildman–Crippen MR) is 94.7 cm³/mol. The zero-order chi connectivity index (χ0) is 21.7. The first-order chi connectivity index (χ1) is 13.6. The largest absolute Gasteiger partial charge is 0.462 e. The molecule has 0 saturated heterocycles. The van der Waals surface area contributed by atoms with Crippen molar-refractivity contribution in [3.63, 3.8) is 0 Å². The minimum atomic E-state index is -2.56. The first-order valence-corrected chi connectivity index (χ1v) is 9.48. The minimum Gasteiger partial charge on any atom is -0.462 e. The van der Waals surface area contributed by atoms with Crippen LogP contribution in [0.5, 0.6) is 11.5 Å². The van der Waals surface area contributed by atoms with Gasteiger partial charge in [-0.15, -0.1) is 0 Å². The Morgan fingerprint density at radius 1 is 0.862 bits per heavy atom. The minimum absolute atomic E-state index is 0.166. The van der Waals surface area contributed by atoms with Crippen molar-refractivity contribution in [1.29, 1.82) is 0 Å². The highest BCUT2D eigenvalue weighted by molar-refractivity contribution is 7.45. The van der Waals surface area contributed by atoms with E-state index in [1.165, 1.54) is 19.1 Å². The number of para-hydroxylation sites is 1. The van der Waals surface area contributed by atoms with Crippen LogP contribution in [0.1, 0.15) is 20.8 Å². The molecule has 29 heavy (non-hydrogen) atoms. The zero-order valence-corrected chi connectivity index (χ0v) is 16.4. The summed E-state index contributed by atoms with van der Waals surface area (Å²) in [5.41, 5.74) is 0. The fourth-order valence-electron chi connectivity index (χ4n) is 1.94. The maximum atomic E-state index is 14.0. The number of carbonyl (C=O) groups excluding carboxylic acids is 1. The number of hydrogen-bond donors (Lipinski definition) is 1. The van der Waals surface area contributed by atoms with Gasteiger partial charge in [0.05, 0.1) is 6.10 Å². The molecule has 2 rings (SSSR count). The van der Waals surface area contributed by atoms with Crippen molar-refractivity contribution in [2.24, 2.45) is 0 Å². The summed E-state index contributed by atoms with van der Waals surface area (Å²) in [6.45, 7) is 4.58. The molecule has 0 amide bonds. The molecule has 11 heteroatoms. The van der Waals surface area contributed by atoms with Gasteiger partial charge >= 0.3 is 14.5 Å². The number of hydrogen-bond acceptors (Lipinski definition) is 5. The molecule has 2 aromatic rings. The fraction of sp³-hybridized carbons (Fsp3) is 0.278. The van der Waals surface area contributed by atoms with E-state index < -0.39 is 61.5 Å². The number of esters is 1. The van der Waals surface area contributed by atoms with Crippen molar-refractivity contribution in [2.75, 3.05) is 0 Å². The SMILES string of the molecule is CC(C)OC(=O)[C@H](C)N[P@@](Oc1ccccc1)Oc1c(F)c(F)c(F)c(F)c1F. The molecule has 0 heterocycles. The number of ether oxygens (including phenoxy) is 1. The van der Waals surface area contributed by atoms with Crippen LogP contribution in [0.25, 0.3) is 0 Å². The van der Waals surface area contributed by atoms with E-state index in [9.17, 15) is 26.7 Å². The van der Waals surface area contributed by atoms with Gasteiger partial charge in [0.15, 0.2) is 0 Å². The lowest BCUT2D eigenvalue weighted by molar-refractivity contribution is -0.149. The van der Waals surface area contributed by atoms with Crippen LogP contribution in [0, 0.1) is 29.1 Å². The van der Waals surface area contributed by atoms with E-state index in [2.05, 4.69) is 5.09 Å². The fourth-order valence-corrected chi connectivity index (χ4v) is 3.15. The Hall–Kier alpha value is -2.45. The van der Waals surface area contributed by atoms with Crippen LogP contribution in [-0.2, 0) is 9.53 Å². The Kier molecular flexibility index (Phi) is 7.75. The summed E-state index contributed by atoms with van der Waals surface area (Å²) < 4.78 is 83.4. The van der Waals surface area contributed by atoms with Gasteiger partial charge in [0.2, 0.25) is 34.8 Å². The number of nitrogens with one attached hydrogen (secondary N) is 1. The highest BCUT2D eigenvalue weighted by Crippen LogP contribution is 2.41. The van der Waals surface area contributed by atoms with Crippen molar-refractivity contribution < 1.29 is 40.5 Å². The summed E-state index contributed by atoms with van der Waals surface area (Å²) in [4.78, 5) is 12.0. The molecule has 1 N–H and O–H groups in total. The third kappa shape index (κ3) is 5.77. The van der Waals surface area contributed by atoms with Gasteiger partial charge < -0.3 is 13.8 Å². The molecule has 0 aliphatic heterocycles. The Bertz CT molecular complexity index is 840. The van der Waals surface area contributed by atoms with Gasteiger partial charge in [-0.3, -0.25) is 4.79 Å². The predicted octanol–water partition coefficient (Wildman–Crippen LogP) is 5.00. The lowest BCUT2D eigenvalue weighted by Gasteiger charge is -2.23. The highest BCUT2D eigenvalue weighted by atomic mass is 31.2. The third-order valence-corrected chi connectivity index (χ3v) is 4.60. The van der Waals surface area contributed by atoms with Gasteiger partial charge in [-0.05, 0) is 32.9 Å². The Morgan fingerprint density at radius 2 is 1.38 bits per heavy atom. The lowest BCUT2D eigenvalue weighted by atomic mass is 10.3. The molecule has 0 aromatic heterocycles. The van der Waals surface area contributed by atoms with Gasteiger partial charge in [0.1, 0.15) is 11.8 Å². The van der Waals surface area contributed by atoms with Gasteiger partial charge in [-0.1, -0.05) is 18.2 Å². The number of carbonyl (C=O) groups is 1. The average molecular weight is 437 g/mol. The molecule has 0 radical (unpaired) electrons. The van der Waals surface area contributed by atoms with Crippen LogP contribution in [0.4, 0.5) is 22.0 Å². The molecular weight excluding hydrogens is 420 g/mol. The second kappa shape index (κ2) is 9.84. The molecule has 0 aliphatic rings. The molecule has 0 saturated carbocycles. The Labute approximate surface area is 164 Å². The summed E-state index contributed by atoms with van der Waals surface area (Å²) >= 11 is 0. The van der Waals surface area contributed by atoms with Crippen LogP contribution in [0.2, 0.25) is 0 Å². The zero-order valence-electron chi connectivity index (χ0n) is 15.5. The normalized spacial score (nSPS) is 13.1. The quantitative estimate of drug-likeness (QED) is 0.207. The van der Waals surface area contributed by atoms with Crippen LogP contribution in [0.15, 0.2) is 30.3 Å². The molecule has 0 spiro atoms. The molecule has 2 atom stereocenters. The van der Waals surface area contributed by atoms with Crippen LogP contribution in [-0.4, -0.2) is 18.1 Å². The van der Waals surface area contributed by atoms with Crippen LogP contribution >= 0.6 is 8.53 Å². The van der Waals surface area contributed by atoms with E-state index in [0.29, 0.717) is 0 Å². The van der Waals surface area contributed by atoms with Crippen molar-refractivity contribution in [1.82, 2.24) is 5.09 Å². The molecular formula is C18H17F5NO4P. The Morgan fingerprint density at radius 3 is 1.90 bits per heavy atom. The second-order valence-corrected chi connectivity index (χ2v) is 7.13. The molecule has 0 bridgehead atoms. The molecule has 5 nitrogen and oxygen atoms in total. The van der Waals surface area contributed by atoms with E-state index in [4.69, 9.17) is 13.8 Å². The van der Waals surface area contributed by atoms with Gasteiger partial charge in [0, 0.05) is 0 Å². The monoisotopic (exact) mass is 437 g/mol. The van der Waals surface area contributed by atoms with Gasteiger partial charge in [-0.2, -0.15) is 8.78 Å². The summed E-state index contributed by atoms with van der Waals surface area (Å²) in [7, 11) is -2.56. The maximum absolute atomic E-state index is 14.0. The van der Waals surface area contributed by atoms with E-state index in [1.807, 2.05) is 0 Å². The molecule has 0 unspecified atom stereocenters. The first-order valence-electron chi connectivity index (χ1n) is 8.31. The first kappa shape index (κ1) is 22.8. The summed E-state index contributed by atoms with van der Waals surface area (Å²) in [6, 6.07) is 6.69. The summed E-state index contributed by atoms with van der Waals surface area (Å²) in [6.07, 6.45) is -0.441. The smallest absolute Gasteiger partial charge is 0.382 e. The third-order valence-electron chi connectivity index (χ3n) is 3.28. The second-order valence-electron chi connectivity index (χ2n) is 5.99. The van der Waals surface area contributed by atoms with Gasteiger partial charge in [0.25, 0.3) is 0 Å². The van der Waals surface area contributed by atoms with E-state index >= 15 is 0 Å². The van der Waals surface area contributed by atoms with E-state index in [1.54, 1.807) is 32.0 Å². The van der Waals surface area contributed by atoms with E-state index in [-0.39, 0.29) is 5.75 Å². The average Bonchev–Trinajstić information content (AvgIpc) is 2.68. The number of benzene rings is 2. The molecule has 0 fully saturated rings. The summed E-state index contributed by atoms with van der Waals surface area (Å²) in [5.74, 6) is -13.1. The maximum Gasteiger partial charge on any atom is 0.382 e. The standard InChI is InChI=1S/C18H17F5NO4P/c1-9(2)26-18(25)10(3)24-29(27-11-7-5-4-6-8-11)28-17-15(22)13(20)12(19)14(21)16(17)23/h4-10,24H,1-3H3/t10-,29-/m0/s1. The topological polar surface area (TPSA) is 56.8 Å². The van der Waals surface area contributed by atoms with Gasteiger partial charge in [-0.25, -0.2) is 18.3 Å². The highest BCUT2D eigenvalue weighted by Gasteiger charge is 2.32. The molecule has 0 aliphatic carbocycles. The number of rotatable bonds is 8. The number of halogens is 5. The van der Waals surface area contributed by atoms with Crippen molar-refractivity contribution >= 4 is 14.5 Å². The lowest BCUT2D eigenvalue weighted by Crippen LogP contribution is -2.35. The van der Waals surface area contributed by atoms with Crippen molar-refractivity contribution in [2.45, 2.75) is 32.9 Å². The van der Waals surface area contributed by atoms with Crippen LogP contribution < -0.4 is 14.1 Å². The van der Waals surface area contributed by atoms with Crippen molar-refractivity contribution in [3.05, 3.63) is 59.4 Å². The van der Waals surface area contributed by atoms with Crippen molar-refractivity contribution in [3.8, 4) is 11.5 Å². The summed E-state index contributed by atoms with van der Waals surface area (Å²) in [5, 5.41) is 2.50. The van der Waals surface area contributed by atoms with E-state index in [0.717, 1.165) is 0 Å².